The molecule has 0 unspecified atom stereocenters. The lowest BCUT2D eigenvalue weighted by molar-refractivity contribution is -0.0512. The molecule has 0 heterocycles. The fourth-order valence-electron chi connectivity index (χ4n) is 10.4. The van der Waals surface area contributed by atoms with Crippen molar-refractivity contribution in [3.8, 4) is 0 Å². The number of hydrogen-bond acceptors (Lipinski definition) is 2. The predicted octanol–water partition coefficient (Wildman–Crippen LogP) is 9.41. The van der Waals surface area contributed by atoms with Gasteiger partial charge in [0.05, 0.1) is 5.69 Å². The minimum Gasteiger partial charge on any atom is -0.308 e. The van der Waals surface area contributed by atoms with Crippen LogP contribution in [0.25, 0.3) is 0 Å². The average Bonchev–Trinajstić information content (AvgIpc) is 3.25. The maximum absolute atomic E-state index is 6.67. The molecule has 0 amide bonds. The van der Waals surface area contributed by atoms with E-state index in [1.807, 2.05) is 0 Å². The van der Waals surface area contributed by atoms with Gasteiger partial charge in [0.15, 0.2) is 0 Å². The van der Waals surface area contributed by atoms with E-state index in [1.165, 1.54) is 64.2 Å². The van der Waals surface area contributed by atoms with E-state index in [-0.39, 0.29) is 0 Å². The molecular formula is C35H56N2. The Bertz CT molecular complexity index is 936. The van der Waals surface area contributed by atoms with Crippen molar-refractivity contribution in [2.24, 2.45) is 58.1 Å². The van der Waals surface area contributed by atoms with Crippen molar-refractivity contribution in [1.82, 2.24) is 0 Å². The summed E-state index contributed by atoms with van der Waals surface area (Å²) in [5.41, 5.74) is 3.86. The van der Waals surface area contributed by atoms with Gasteiger partial charge in [-0.25, -0.2) is 5.84 Å². The third kappa shape index (κ3) is 4.83. The number of para-hydroxylation sites is 1. The Labute approximate surface area is 228 Å². The normalized spacial score (nSPS) is 38.8. The summed E-state index contributed by atoms with van der Waals surface area (Å²) in [7, 11) is 0. The Morgan fingerprint density at radius 3 is 2.41 bits per heavy atom. The quantitative estimate of drug-likeness (QED) is 0.217. The van der Waals surface area contributed by atoms with Crippen LogP contribution in [0.1, 0.15) is 112 Å². The van der Waals surface area contributed by atoms with Crippen molar-refractivity contribution in [3.05, 3.63) is 42.0 Å². The van der Waals surface area contributed by atoms with Crippen LogP contribution in [-0.4, -0.2) is 6.04 Å². The number of fused-ring (bicyclic) bond motifs is 5. The highest BCUT2D eigenvalue weighted by Gasteiger charge is 2.59. The first kappa shape index (κ1) is 27.3. The molecule has 5 rings (SSSR count). The second kappa shape index (κ2) is 10.7. The number of nitrogens with zero attached hydrogens (tertiary/aromatic N) is 1. The van der Waals surface area contributed by atoms with E-state index in [4.69, 9.17) is 5.84 Å². The van der Waals surface area contributed by atoms with Gasteiger partial charge in [0.2, 0.25) is 0 Å². The van der Waals surface area contributed by atoms with Crippen molar-refractivity contribution in [2.45, 2.75) is 118 Å². The molecule has 2 heteroatoms. The van der Waals surface area contributed by atoms with Gasteiger partial charge in [-0.05, 0) is 122 Å². The molecule has 1 aromatic rings. The van der Waals surface area contributed by atoms with Crippen LogP contribution in [-0.2, 0) is 0 Å². The molecule has 4 aliphatic rings. The van der Waals surface area contributed by atoms with Crippen LogP contribution in [0.3, 0.4) is 0 Å². The Hall–Kier alpha value is -1.28. The number of rotatable bonds is 8. The van der Waals surface area contributed by atoms with Crippen molar-refractivity contribution in [3.63, 3.8) is 0 Å². The summed E-state index contributed by atoms with van der Waals surface area (Å²) in [6.07, 6.45) is 17.8. The molecule has 0 saturated heterocycles. The summed E-state index contributed by atoms with van der Waals surface area (Å²) in [6.45, 7) is 15.2. The molecule has 4 aliphatic carbocycles. The van der Waals surface area contributed by atoms with Gasteiger partial charge in [0.1, 0.15) is 0 Å². The minimum absolute atomic E-state index is 0.396. The van der Waals surface area contributed by atoms with E-state index in [9.17, 15) is 0 Å². The molecule has 3 fully saturated rings. The Morgan fingerprint density at radius 2 is 1.70 bits per heavy atom. The summed E-state index contributed by atoms with van der Waals surface area (Å²) in [6, 6.07) is 11.0. The molecule has 1 aromatic carbocycles. The zero-order valence-electron chi connectivity index (χ0n) is 24.9. The number of hydrogen-bond donors (Lipinski definition) is 1. The van der Waals surface area contributed by atoms with Gasteiger partial charge >= 0.3 is 0 Å². The predicted molar refractivity (Wildman–Crippen MR) is 159 cm³/mol. The summed E-state index contributed by atoms with van der Waals surface area (Å²) in [5, 5.41) is 2.07. The second-order valence-corrected chi connectivity index (χ2v) is 14.6. The SMILES string of the molecule is CC[C@@H](CC[C@@H](C)[C@@H]1CC[C@@H]2[C@H]3CC=C4C[C@@H](N(N)c5ccccc5)CC[C@]4(C)[C@@H]3CC[C@@]21C)C(C)C. The summed E-state index contributed by atoms with van der Waals surface area (Å²) in [5.74, 6) is 13.0. The molecule has 0 spiro atoms. The van der Waals surface area contributed by atoms with Crippen LogP contribution in [0.4, 0.5) is 5.69 Å². The van der Waals surface area contributed by atoms with Crippen molar-refractivity contribution < 1.29 is 0 Å². The molecule has 0 bridgehead atoms. The van der Waals surface area contributed by atoms with Gasteiger partial charge in [-0.3, -0.25) is 0 Å². The maximum atomic E-state index is 6.67. The molecule has 206 valence electrons. The smallest absolute Gasteiger partial charge is 0.0520 e. The van der Waals surface area contributed by atoms with Crippen LogP contribution in [0.2, 0.25) is 0 Å². The standard InChI is InChI=1S/C35H56N2/c1-7-26(24(2)3)14-13-25(4)31-17-18-32-30-16-15-27-23-29(37(36)28-11-9-8-10-12-28)19-21-34(27,5)33(30)20-22-35(31,32)6/h8-12,15,24-26,29-33H,7,13-14,16-23,36H2,1-6H3/t25-,26+,29+,30-,31+,32-,33-,34+,35-/m1/s1. The van der Waals surface area contributed by atoms with Crippen LogP contribution in [0.5, 0.6) is 0 Å². The summed E-state index contributed by atoms with van der Waals surface area (Å²) >= 11 is 0. The number of benzene rings is 1. The highest BCUT2D eigenvalue weighted by molar-refractivity contribution is 5.46. The molecular weight excluding hydrogens is 448 g/mol. The van der Waals surface area contributed by atoms with Gasteiger partial charge in [0.25, 0.3) is 0 Å². The van der Waals surface area contributed by atoms with Crippen molar-refractivity contribution in [2.75, 3.05) is 5.01 Å². The van der Waals surface area contributed by atoms with Gasteiger partial charge in [-0.1, -0.05) is 84.2 Å². The van der Waals surface area contributed by atoms with E-state index < -0.39 is 0 Å². The molecule has 2 N–H and O–H groups in total. The van der Waals surface area contributed by atoms with Crippen LogP contribution < -0.4 is 10.9 Å². The van der Waals surface area contributed by atoms with E-state index in [0.717, 1.165) is 53.5 Å². The molecule has 0 radical (unpaired) electrons. The first-order valence-electron chi connectivity index (χ1n) is 16.0. The van der Waals surface area contributed by atoms with E-state index in [1.54, 1.807) is 5.57 Å². The third-order valence-electron chi connectivity index (χ3n) is 12.7. The third-order valence-corrected chi connectivity index (χ3v) is 12.7. The van der Waals surface area contributed by atoms with Crippen molar-refractivity contribution >= 4 is 5.69 Å². The van der Waals surface area contributed by atoms with Gasteiger partial charge in [-0.15, -0.1) is 0 Å². The van der Waals surface area contributed by atoms with E-state index >= 15 is 0 Å². The number of nitrogens with two attached hydrogens (primary N) is 1. The maximum Gasteiger partial charge on any atom is 0.0520 e. The molecule has 9 atom stereocenters. The molecule has 0 aromatic heterocycles. The van der Waals surface area contributed by atoms with Gasteiger partial charge in [0, 0.05) is 6.04 Å². The number of hydrazine groups is 1. The zero-order valence-corrected chi connectivity index (χ0v) is 24.9. The lowest BCUT2D eigenvalue weighted by Crippen LogP contribution is -2.53. The van der Waals surface area contributed by atoms with Gasteiger partial charge < -0.3 is 5.01 Å². The van der Waals surface area contributed by atoms with Crippen LogP contribution in [0.15, 0.2) is 42.0 Å². The molecule has 2 nitrogen and oxygen atoms in total. The van der Waals surface area contributed by atoms with Crippen LogP contribution in [0, 0.1) is 52.3 Å². The first-order chi connectivity index (χ1) is 17.7. The minimum atomic E-state index is 0.396. The first-order valence-corrected chi connectivity index (χ1v) is 16.0. The number of anilines is 1. The van der Waals surface area contributed by atoms with Gasteiger partial charge in [-0.2, -0.15) is 0 Å². The lowest BCUT2D eigenvalue weighted by atomic mass is 9.47. The van der Waals surface area contributed by atoms with Crippen molar-refractivity contribution in [1.29, 1.82) is 0 Å². The summed E-state index contributed by atoms with van der Waals surface area (Å²) < 4.78 is 0. The highest BCUT2D eigenvalue weighted by atomic mass is 15.4. The lowest BCUT2D eigenvalue weighted by Gasteiger charge is -2.59. The van der Waals surface area contributed by atoms with Crippen LogP contribution >= 0.6 is 0 Å². The monoisotopic (exact) mass is 504 g/mol. The topological polar surface area (TPSA) is 29.3 Å². The largest absolute Gasteiger partial charge is 0.308 e. The Kier molecular flexibility index (Phi) is 7.90. The molecule has 0 aliphatic heterocycles. The Balaban J connectivity index is 1.28. The summed E-state index contributed by atoms with van der Waals surface area (Å²) in [4.78, 5) is 0. The number of allylic oxidation sites excluding steroid dienone is 1. The highest BCUT2D eigenvalue weighted by Crippen LogP contribution is 2.67. The van der Waals surface area contributed by atoms with E-state index in [2.05, 4.69) is 83.0 Å². The molecule has 3 saturated carbocycles. The Morgan fingerprint density at radius 1 is 0.946 bits per heavy atom. The van der Waals surface area contributed by atoms with E-state index in [0.29, 0.717) is 16.9 Å². The average molecular weight is 505 g/mol. The fourth-order valence-corrected chi connectivity index (χ4v) is 10.4. The fraction of sp³-hybridized carbons (Fsp3) is 0.771. The second-order valence-electron chi connectivity index (χ2n) is 14.6. The zero-order chi connectivity index (χ0) is 26.4. The molecule has 37 heavy (non-hydrogen) atoms.